The molecule has 0 aromatic carbocycles. The Morgan fingerprint density at radius 1 is 1.10 bits per heavy atom. The number of rotatable bonds is 7. The van der Waals surface area contributed by atoms with Gasteiger partial charge in [0, 0.05) is 36.1 Å². The van der Waals surface area contributed by atoms with Crippen molar-refractivity contribution < 1.29 is 31.1 Å². The summed E-state index contributed by atoms with van der Waals surface area (Å²) in [6.07, 6.45) is -7.99. The second-order valence-electron chi connectivity index (χ2n) is 10.8. The van der Waals surface area contributed by atoms with Crippen LogP contribution in [0, 0.1) is 12.3 Å². The molecule has 3 fully saturated rings. The van der Waals surface area contributed by atoms with Gasteiger partial charge in [0.05, 0.1) is 28.5 Å². The highest BCUT2D eigenvalue weighted by atomic mass is 19.4. The average Bonchev–Trinajstić information content (AvgIpc) is 2.77. The van der Waals surface area contributed by atoms with E-state index in [4.69, 9.17) is 10.6 Å². The summed E-state index contributed by atoms with van der Waals surface area (Å²) >= 11 is 0. The molecule has 3 aromatic rings. The molecular formula is C26H27F6N5O2. The first-order valence-electron chi connectivity index (χ1n) is 12.5. The van der Waals surface area contributed by atoms with Crippen molar-refractivity contribution in [3.8, 4) is 0 Å². The molecule has 2 N–H and O–H groups in total. The van der Waals surface area contributed by atoms with Gasteiger partial charge < -0.3 is 10.6 Å². The van der Waals surface area contributed by atoms with Crippen molar-refractivity contribution in [1.82, 2.24) is 19.6 Å². The Morgan fingerprint density at radius 3 is 2.31 bits per heavy atom. The molecule has 6 rings (SSSR count). The molecule has 3 aromatic heterocycles. The number of nitrogens with zero attached hydrogens (tertiary/aromatic N) is 4. The van der Waals surface area contributed by atoms with Crippen molar-refractivity contribution in [2.24, 2.45) is 5.41 Å². The monoisotopic (exact) mass is 555 g/mol. The molecule has 0 aliphatic heterocycles. The van der Waals surface area contributed by atoms with Gasteiger partial charge in [0.25, 0.3) is 5.56 Å². The quantitative estimate of drug-likeness (QED) is 0.306. The first-order chi connectivity index (χ1) is 18.1. The number of aromatic nitrogens is 4. The van der Waals surface area contributed by atoms with E-state index >= 15 is 0 Å². The second kappa shape index (κ2) is 8.90. The lowest BCUT2D eigenvalue weighted by molar-refractivity contribution is -0.337. The smallest absolute Gasteiger partial charge is 0.377 e. The topological polar surface area (TPSA) is 95.9 Å². The summed E-state index contributed by atoms with van der Waals surface area (Å²) in [6.45, 7) is 3.10. The van der Waals surface area contributed by atoms with Crippen LogP contribution in [-0.4, -0.2) is 32.9 Å². The first kappa shape index (κ1) is 27.4. The highest BCUT2D eigenvalue weighted by molar-refractivity contribution is 5.81. The van der Waals surface area contributed by atoms with Crippen LogP contribution >= 0.6 is 0 Å². The highest BCUT2D eigenvalue weighted by Crippen LogP contribution is 2.78. The molecule has 0 amide bonds. The summed E-state index contributed by atoms with van der Waals surface area (Å²) in [5.41, 5.74) is -3.60. The Kier molecular flexibility index (Phi) is 6.24. The highest BCUT2D eigenvalue weighted by Gasteiger charge is 2.79. The van der Waals surface area contributed by atoms with Gasteiger partial charge in [-0.15, -0.1) is 0 Å². The summed E-state index contributed by atoms with van der Waals surface area (Å²) in [5, 5.41) is 0.0282. The third kappa shape index (κ3) is 4.34. The van der Waals surface area contributed by atoms with Crippen LogP contribution < -0.4 is 11.4 Å². The largest absolute Gasteiger partial charge is 0.418 e. The maximum Gasteiger partial charge on any atom is 0.418 e. The summed E-state index contributed by atoms with van der Waals surface area (Å²) < 4.78 is 88.6. The van der Waals surface area contributed by atoms with Crippen LogP contribution in [-0.2, 0) is 16.3 Å². The van der Waals surface area contributed by atoms with E-state index < -0.39 is 40.4 Å². The van der Waals surface area contributed by atoms with Crippen LogP contribution in [0.15, 0.2) is 29.2 Å². The van der Waals surface area contributed by atoms with Gasteiger partial charge in [-0.25, -0.2) is 19.6 Å². The first-order valence-corrected chi connectivity index (χ1v) is 12.5. The average molecular weight is 556 g/mol. The number of fused-ring (bicyclic) bond motifs is 1. The molecule has 2 unspecified atom stereocenters. The Morgan fingerprint density at radius 2 is 1.77 bits per heavy atom. The van der Waals surface area contributed by atoms with Gasteiger partial charge in [-0.1, -0.05) is 6.92 Å². The summed E-state index contributed by atoms with van der Waals surface area (Å²) in [4.78, 5) is 25.0. The predicted molar refractivity (Wildman–Crippen MR) is 129 cm³/mol. The van der Waals surface area contributed by atoms with Crippen LogP contribution in [0.1, 0.15) is 79.4 Å². The number of nitrogen functional groups attached to an aromatic ring is 1. The third-order valence-corrected chi connectivity index (χ3v) is 8.31. The number of halogens is 6. The van der Waals surface area contributed by atoms with Gasteiger partial charge in [0.2, 0.25) is 0 Å². The summed E-state index contributed by atoms with van der Waals surface area (Å²) in [7, 11) is 1.48. The summed E-state index contributed by atoms with van der Waals surface area (Å²) in [6, 6.07) is 3.80. The number of ether oxygens (including phenoxy) is 1. The Bertz CT molecular complexity index is 1480. The van der Waals surface area contributed by atoms with Gasteiger partial charge in [0.1, 0.15) is 5.82 Å². The van der Waals surface area contributed by atoms with E-state index in [9.17, 15) is 31.1 Å². The molecule has 0 saturated heterocycles. The zero-order valence-electron chi connectivity index (χ0n) is 21.5. The van der Waals surface area contributed by atoms with Gasteiger partial charge in [0.15, 0.2) is 5.65 Å². The van der Waals surface area contributed by atoms with Crippen LogP contribution in [0.3, 0.4) is 0 Å². The lowest BCUT2D eigenvalue weighted by atomic mass is 9.33. The molecule has 210 valence electrons. The van der Waals surface area contributed by atoms with Gasteiger partial charge in [-0.2, -0.15) is 26.3 Å². The minimum absolute atomic E-state index is 0.0224. The second-order valence-corrected chi connectivity index (χ2v) is 10.8. The third-order valence-electron chi connectivity index (χ3n) is 8.31. The molecule has 0 spiro atoms. The minimum Gasteiger partial charge on any atom is -0.377 e. The lowest BCUT2D eigenvalue weighted by Crippen LogP contribution is -2.70. The number of pyridine rings is 2. The molecule has 0 radical (unpaired) electrons. The Labute approximate surface area is 219 Å². The number of nitrogens with two attached hydrogens (primary N) is 1. The van der Waals surface area contributed by atoms with Crippen LogP contribution in [0.25, 0.3) is 11.0 Å². The molecule has 3 heterocycles. The van der Waals surface area contributed by atoms with Crippen LogP contribution in [0.4, 0.5) is 26.3 Å². The van der Waals surface area contributed by atoms with Crippen molar-refractivity contribution in [3.05, 3.63) is 63.1 Å². The van der Waals surface area contributed by atoms with E-state index in [0.717, 1.165) is 10.7 Å². The molecule has 3 saturated carbocycles. The normalized spacial score (nSPS) is 24.2. The number of methoxy groups -OCH3 is 1. The minimum atomic E-state index is -4.69. The maximum absolute atomic E-state index is 13.7. The van der Waals surface area contributed by atoms with Gasteiger partial charge >= 0.3 is 12.4 Å². The SMILES string of the molecule is CCC(CC(OC)c1ccc(=O)n(N)c1)c1nc(C23CC(C(F)(F)F)(C2)C3)c2cc(C(F)(F)F)c(C)nc2n1. The van der Waals surface area contributed by atoms with Gasteiger partial charge in [-0.05, 0) is 56.7 Å². The molecular weight excluding hydrogens is 528 g/mol. The van der Waals surface area contributed by atoms with Crippen molar-refractivity contribution in [1.29, 1.82) is 0 Å². The van der Waals surface area contributed by atoms with E-state index in [1.54, 1.807) is 6.07 Å². The fraction of sp³-hybridized carbons (Fsp3) is 0.538. The molecule has 3 aliphatic carbocycles. The van der Waals surface area contributed by atoms with Gasteiger partial charge in [-0.3, -0.25) is 4.79 Å². The van der Waals surface area contributed by atoms with Crippen LogP contribution in [0.2, 0.25) is 0 Å². The molecule has 2 bridgehead atoms. The van der Waals surface area contributed by atoms with Crippen LogP contribution in [0.5, 0.6) is 0 Å². The zero-order valence-corrected chi connectivity index (χ0v) is 21.5. The predicted octanol–water partition coefficient (Wildman–Crippen LogP) is 5.48. The van der Waals surface area contributed by atoms with E-state index in [2.05, 4.69) is 15.0 Å². The number of hydrogen-bond acceptors (Lipinski definition) is 6. The number of alkyl halides is 6. The fourth-order valence-electron chi connectivity index (χ4n) is 6.17. The van der Waals surface area contributed by atoms with E-state index in [0.29, 0.717) is 18.4 Å². The lowest BCUT2D eigenvalue weighted by Gasteiger charge is -2.70. The van der Waals surface area contributed by atoms with E-state index in [-0.39, 0.29) is 53.4 Å². The number of hydrogen-bond donors (Lipinski definition) is 1. The van der Waals surface area contributed by atoms with Crippen molar-refractivity contribution in [2.45, 2.75) is 75.7 Å². The fourth-order valence-corrected chi connectivity index (χ4v) is 6.17. The standard InChI is InChI=1S/C26H27F6N5O2/c1-4-14(7-18(39-3)15-5-6-19(38)37(33)9-15)21-35-20(23-10-24(11-23,12-23)26(30,31)32)16-8-17(25(27,28)29)13(2)34-22(16)36-21/h5-6,8-9,14,18H,4,7,10-12,33H2,1-3H3. The Balaban J connectivity index is 1.59. The van der Waals surface area contributed by atoms with E-state index in [1.165, 1.54) is 26.3 Å². The molecule has 3 aliphatic rings. The maximum atomic E-state index is 13.7. The summed E-state index contributed by atoms with van der Waals surface area (Å²) in [5.74, 6) is 5.60. The molecule has 7 nitrogen and oxygen atoms in total. The number of aryl methyl sites for hydroxylation is 1. The zero-order chi connectivity index (χ0) is 28.5. The van der Waals surface area contributed by atoms with Crippen molar-refractivity contribution in [2.75, 3.05) is 13.0 Å². The van der Waals surface area contributed by atoms with E-state index in [1.807, 2.05) is 6.92 Å². The molecule has 2 atom stereocenters. The van der Waals surface area contributed by atoms with Crippen molar-refractivity contribution in [3.63, 3.8) is 0 Å². The molecule has 13 heteroatoms. The molecule has 39 heavy (non-hydrogen) atoms. The Hall–Kier alpha value is -3.22. The van der Waals surface area contributed by atoms with Crippen molar-refractivity contribution >= 4 is 11.0 Å².